The number of rotatable bonds is 13. The maximum Gasteiger partial charge on any atom is 0.329 e. The molecule has 0 saturated carbocycles. The summed E-state index contributed by atoms with van der Waals surface area (Å²) in [5.74, 6) is -2.33. The van der Waals surface area contributed by atoms with Crippen molar-refractivity contribution in [2.24, 2.45) is 5.73 Å². The first-order chi connectivity index (χ1) is 22.8. The first-order valence-corrected chi connectivity index (χ1v) is 15.8. The van der Waals surface area contributed by atoms with Gasteiger partial charge in [0.25, 0.3) is 0 Å². The number of H-pyrrole nitrogens is 2. The molecule has 0 aliphatic carbocycles. The maximum absolute atomic E-state index is 13.8. The van der Waals surface area contributed by atoms with Crippen molar-refractivity contribution >= 4 is 45.5 Å². The quantitative estimate of drug-likeness (QED) is 0.106. The van der Waals surface area contributed by atoms with Crippen molar-refractivity contribution in [1.29, 1.82) is 0 Å². The lowest BCUT2D eigenvalue weighted by Crippen LogP contribution is -2.63. The summed E-state index contributed by atoms with van der Waals surface area (Å²) in [5, 5.41) is 10.2. The average molecular weight is 651 g/mol. The monoisotopic (exact) mass is 650 g/mol. The second kappa shape index (κ2) is 14.1. The van der Waals surface area contributed by atoms with Gasteiger partial charge in [-0.15, -0.1) is 0 Å². The van der Waals surface area contributed by atoms with Crippen molar-refractivity contribution in [3.63, 3.8) is 0 Å². The molecule has 0 fully saturated rings. The Bertz CT molecular complexity index is 1920. The van der Waals surface area contributed by atoms with Crippen molar-refractivity contribution in [3.05, 3.63) is 108 Å². The fourth-order valence-corrected chi connectivity index (χ4v) is 5.41. The summed E-state index contributed by atoms with van der Waals surface area (Å²) in [6.07, 6.45) is 3.89. The second-order valence-corrected chi connectivity index (χ2v) is 13.1. The third-order valence-corrected chi connectivity index (χ3v) is 8.22. The highest BCUT2D eigenvalue weighted by atomic mass is 16.5. The van der Waals surface area contributed by atoms with Crippen LogP contribution in [0.2, 0.25) is 0 Å². The van der Waals surface area contributed by atoms with E-state index in [-0.39, 0.29) is 19.4 Å². The van der Waals surface area contributed by atoms with E-state index in [4.69, 9.17) is 10.5 Å². The van der Waals surface area contributed by atoms with Gasteiger partial charge in [-0.2, -0.15) is 0 Å². The Morgan fingerprint density at radius 2 is 1.21 bits per heavy atom. The zero-order valence-electron chi connectivity index (χ0n) is 27.6. The highest BCUT2D eigenvalue weighted by Gasteiger charge is 2.37. The molecule has 1 unspecified atom stereocenters. The van der Waals surface area contributed by atoms with Crippen LogP contribution in [0.25, 0.3) is 21.8 Å². The molecular formula is C37H42N6O5. The zero-order chi connectivity index (χ0) is 34.5. The number of esters is 1. The van der Waals surface area contributed by atoms with E-state index in [1.807, 2.05) is 78.9 Å². The molecule has 5 rings (SSSR count). The van der Waals surface area contributed by atoms with Crippen LogP contribution >= 0.6 is 0 Å². The number of aromatic nitrogens is 2. The number of hydrogen-bond donors (Lipinski definition) is 6. The number of ether oxygens (including phenoxy) is 1. The van der Waals surface area contributed by atoms with E-state index in [2.05, 4.69) is 25.9 Å². The molecule has 5 aromatic rings. The number of amides is 3. The van der Waals surface area contributed by atoms with Crippen LogP contribution in [0.15, 0.2) is 91.3 Å². The molecule has 3 amide bonds. The summed E-state index contributed by atoms with van der Waals surface area (Å²) < 4.78 is 5.64. The second-order valence-electron chi connectivity index (χ2n) is 13.1. The van der Waals surface area contributed by atoms with E-state index in [0.29, 0.717) is 0 Å². The van der Waals surface area contributed by atoms with Gasteiger partial charge >= 0.3 is 5.97 Å². The van der Waals surface area contributed by atoms with Crippen molar-refractivity contribution in [1.82, 2.24) is 25.9 Å². The molecule has 7 N–H and O–H groups in total. The van der Waals surface area contributed by atoms with Crippen LogP contribution in [0.1, 0.15) is 44.4 Å². The van der Waals surface area contributed by atoms with Gasteiger partial charge in [0.15, 0.2) is 0 Å². The van der Waals surface area contributed by atoms with E-state index < -0.39 is 46.9 Å². The van der Waals surface area contributed by atoms with Gasteiger partial charge in [-0.05, 0) is 56.5 Å². The standard InChI is InChI=1S/C37H42N6O5/c1-36(2,38)34(46)41-30(18-24-20-39-28-16-10-8-14-26(24)28)32(44)43-37(3,4)35(47)42-31(33(45)48-22-23-12-6-5-7-13-23)19-25-21-40-29-17-11-9-15-27(25)29/h5-17,20-21,30-31,39-40H,18-19,22,38H2,1-4H3,(H,41,46)(H,42,47)(H,43,44)/t30-,31?/m1/s1. The summed E-state index contributed by atoms with van der Waals surface area (Å²) in [4.78, 5) is 60.4. The van der Waals surface area contributed by atoms with Crippen molar-refractivity contribution in [2.45, 2.75) is 70.3 Å². The number of carbonyl (C=O) groups excluding carboxylic acids is 4. The minimum atomic E-state index is -1.49. The van der Waals surface area contributed by atoms with Gasteiger partial charge < -0.3 is 36.4 Å². The fraction of sp³-hybridized carbons (Fsp3) is 0.297. The van der Waals surface area contributed by atoms with E-state index >= 15 is 0 Å². The first-order valence-electron chi connectivity index (χ1n) is 15.8. The van der Waals surface area contributed by atoms with Crippen LogP contribution in [0.5, 0.6) is 0 Å². The number of carbonyl (C=O) groups is 4. The molecule has 0 radical (unpaired) electrons. The predicted molar refractivity (Wildman–Crippen MR) is 185 cm³/mol. The Morgan fingerprint density at radius 1 is 0.708 bits per heavy atom. The van der Waals surface area contributed by atoms with Crippen LogP contribution in [0.4, 0.5) is 0 Å². The number of para-hydroxylation sites is 2. The van der Waals surface area contributed by atoms with Crippen LogP contribution in [0, 0.1) is 0 Å². The minimum Gasteiger partial charge on any atom is -0.459 e. The number of nitrogens with one attached hydrogen (secondary N) is 5. The summed E-state index contributed by atoms with van der Waals surface area (Å²) in [7, 11) is 0. The van der Waals surface area contributed by atoms with Gasteiger partial charge in [-0.1, -0.05) is 66.7 Å². The number of hydrogen-bond acceptors (Lipinski definition) is 6. The topological polar surface area (TPSA) is 171 Å². The van der Waals surface area contributed by atoms with E-state index in [9.17, 15) is 19.2 Å². The Morgan fingerprint density at radius 3 is 1.77 bits per heavy atom. The molecule has 2 atom stereocenters. The summed E-state index contributed by atoms with van der Waals surface area (Å²) in [5.41, 5.74) is 7.52. The lowest BCUT2D eigenvalue weighted by atomic mass is 9.98. The molecule has 0 aliphatic heterocycles. The van der Waals surface area contributed by atoms with Crippen molar-refractivity contribution < 1.29 is 23.9 Å². The Labute approximate surface area is 279 Å². The highest BCUT2D eigenvalue weighted by molar-refractivity contribution is 5.97. The van der Waals surface area contributed by atoms with Crippen molar-refractivity contribution in [3.8, 4) is 0 Å². The predicted octanol–water partition coefficient (Wildman–Crippen LogP) is 3.78. The van der Waals surface area contributed by atoms with Crippen LogP contribution in [-0.2, 0) is 43.4 Å². The summed E-state index contributed by atoms with van der Waals surface area (Å²) in [6, 6.07) is 22.4. The van der Waals surface area contributed by atoms with Crippen molar-refractivity contribution in [2.75, 3.05) is 0 Å². The normalized spacial score (nSPS) is 13.1. The van der Waals surface area contributed by atoms with Gasteiger partial charge in [0.2, 0.25) is 17.7 Å². The Hall–Kier alpha value is -5.42. The van der Waals surface area contributed by atoms with Crippen LogP contribution in [0.3, 0.4) is 0 Å². The molecule has 11 heteroatoms. The zero-order valence-corrected chi connectivity index (χ0v) is 27.6. The third kappa shape index (κ3) is 8.10. The smallest absolute Gasteiger partial charge is 0.329 e. The molecule has 3 aromatic carbocycles. The Kier molecular flexibility index (Phi) is 10.00. The molecule has 0 bridgehead atoms. The lowest BCUT2D eigenvalue weighted by Gasteiger charge is -2.30. The van der Waals surface area contributed by atoms with E-state index in [1.54, 1.807) is 26.2 Å². The van der Waals surface area contributed by atoms with Gasteiger partial charge in [-0.3, -0.25) is 14.4 Å². The third-order valence-electron chi connectivity index (χ3n) is 8.22. The largest absolute Gasteiger partial charge is 0.459 e. The molecule has 48 heavy (non-hydrogen) atoms. The fourth-order valence-electron chi connectivity index (χ4n) is 5.41. The van der Waals surface area contributed by atoms with Crippen LogP contribution < -0.4 is 21.7 Å². The molecule has 2 aromatic heterocycles. The minimum absolute atomic E-state index is 0.0345. The first kappa shape index (κ1) is 33.9. The summed E-state index contributed by atoms with van der Waals surface area (Å²) >= 11 is 0. The molecule has 11 nitrogen and oxygen atoms in total. The Balaban J connectivity index is 1.34. The lowest BCUT2D eigenvalue weighted by molar-refractivity contribution is -0.149. The average Bonchev–Trinajstić information content (AvgIpc) is 3.66. The number of fused-ring (bicyclic) bond motifs is 2. The van der Waals surface area contributed by atoms with Gasteiger partial charge in [0.05, 0.1) is 5.54 Å². The molecule has 0 saturated heterocycles. The molecule has 2 heterocycles. The van der Waals surface area contributed by atoms with Gasteiger partial charge in [0, 0.05) is 47.0 Å². The number of benzene rings is 3. The van der Waals surface area contributed by atoms with Crippen LogP contribution in [-0.4, -0.2) is 56.8 Å². The highest BCUT2D eigenvalue weighted by Crippen LogP contribution is 2.22. The van der Waals surface area contributed by atoms with Gasteiger partial charge in [0.1, 0.15) is 24.2 Å². The molecule has 0 spiro atoms. The molecule has 0 aliphatic rings. The molecular weight excluding hydrogens is 608 g/mol. The van der Waals surface area contributed by atoms with E-state index in [1.165, 1.54) is 13.8 Å². The van der Waals surface area contributed by atoms with Gasteiger partial charge in [-0.25, -0.2) is 4.79 Å². The number of aromatic amines is 2. The number of nitrogens with two attached hydrogens (primary N) is 1. The summed E-state index contributed by atoms with van der Waals surface area (Å²) in [6.45, 7) is 6.20. The van der Waals surface area contributed by atoms with E-state index in [0.717, 1.165) is 38.5 Å². The maximum atomic E-state index is 13.8. The SMILES string of the molecule is CC(C)(N)C(=O)N[C@H](Cc1c[nH]c2ccccc12)C(=O)NC(C)(C)C(=O)NC(Cc1c[nH]c2ccccc12)C(=O)OCc1ccccc1. The molecule has 250 valence electrons.